The maximum atomic E-state index is 12.4. The average Bonchev–Trinajstić information content (AvgIpc) is 2.47. The molecule has 0 unspecified atom stereocenters. The van der Waals surface area contributed by atoms with Crippen molar-refractivity contribution >= 4 is 27.4 Å². The molecule has 2 N–H and O–H groups in total. The Morgan fingerprint density at radius 1 is 1.26 bits per heavy atom. The van der Waals surface area contributed by atoms with Crippen LogP contribution in [-0.2, 0) is 14.8 Å². The Balaban J connectivity index is 1.92. The van der Waals surface area contributed by atoms with Gasteiger partial charge in [0.25, 0.3) is 15.9 Å². The van der Waals surface area contributed by atoms with Crippen molar-refractivity contribution in [1.82, 2.24) is 4.98 Å². The Morgan fingerprint density at radius 2 is 2.04 bits per heavy atom. The zero-order valence-corrected chi connectivity index (χ0v) is 13.3. The van der Waals surface area contributed by atoms with Crippen molar-refractivity contribution in [3.05, 3.63) is 42.1 Å². The third-order valence-corrected chi connectivity index (χ3v) is 4.70. The smallest absolute Gasteiger partial charge is 0.265 e. The number of anilines is 2. The summed E-state index contributed by atoms with van der Waals surface area (Å²) in [5, 5.41) is 2.62. The molecule has 3 rings (SSSR count). The number of aromatic nitrogens is 1. The first kappa shape index (κ1) is 15.3. The van der Waals surface area contributed by atoms with Crippen molar-refractivity contribution in [2.75, 3.05) is 10.0 Å². The molecule has 1 aliphatic heterocycles. The maximum absolute atomic E-state index is 12.4. The molecule has 0 saturated heterocycles. The van der Waals surface area contributed by atoms with Crippen LogP contribution in [0.1, 0.15) is 12.5 Å². The van der Waals surface area contributed by atoms with Crippen molar-refractivity contribution < 1.29 is 17.9 Å². The summed E-state index contributed by atoms with van der Waals surface area (Å²) in [5.74, 6) is 0.349. The molecule has 8 heteroatoms. The summed E-state index contributed by atoms with van der Waals surface area (Å²) in [7, 11) is -3.81. The van der Waals surface area contributed by atoms with E-state index in [1.807, 2.05) is 6.92 Å². The Bertz CT molecular complexity index is 880. The number of amides is 1. The Hall–Kier alpha value is -2.61. The van der Waals surface area contributed by atoms with Gasteiger partial charge in [-0.05, 0) is 49.7 Å². The fourth-order valence-corrected chi connectivity index (χ4v) is 3.17. The van der Waals surface area contributed by atoms with Gasteiger partial charge in [-0.15, -0.1) is 0 Å². The van der Waals surface area contributed by atoms with Gasteiger partial charge in [-0.3, -0.25) is 9.52 Å². The second kappa shape index (κ2) is 5.54. The Kier molecular flexibility index (Phi) is 3.69. The predicted molar refractivity (Wildman–Crippen MR) is 84.9 cm³/mol. The number of aryl methyl sites for hydroxylation is 1. The molecule has 1 aliphatic rings. The van der Waals surface area contributed by atoms with Gasteiger partial charge >= 0.3 is 0 Å². The van der Waals surface area contributed by atoms with Crippen molar-refractivity contribution in [2.45, 2.75) is 24.8 Å². The molecule has 1 aromatic carbocycles. The van der Waals surface area contributed by atoms with Crippen molar-refractivity contribution in [3.8, 4) is 5.75 Å². The van der Waals surface area contributed by atoms with Crippen LogP contribution in [0, 0.1) is 6.92 Å². The van der Waals surface area contributed by atoms with Gasteiger partial charge in [-0.1, -0.05) is 0 Å². The number of nitrogens with one attached hydrogen (secondary N) is 2. The van der Waals surface area contributed by atoms with E-state index in [9.17, 15) is 13.2 Å². The van der Waals surface area contributed by atoms with Crippen molar-refractivity contribution in [2.24, 2.45) is 0 Å². The summed E-state index contributed by atoms with van der Waals surface area (Å²) >= 11 is 0. The molecule has 0 fully saturated rings. The van der Waals surface area contributed by atoms with Crippen LogP contribution in [0.5, 0.6) is 5.75 Å². The molecule has 120 valence electrons. The van der Waals surface area contributed by atoms with Gasteiger partial charge in [0, 0.05) is 6.20 Å². The first-order valence-corrected chi connectivity index (χ1v) is 8.40. The van der Waals surface area contributed by atoms with Gasteiger partial charge in [0.15, 0.2) is 6.10 Å². The first-order valence-electron chi connectivity index (χ1n) is 6.92. The summed E-state index contributed by atoms with van der Waals surface area (Å²) in [6, 6.07) is 7.69. The van der Waals surface area contributed by atoms with Gasteiger partial charge in [0.1, 0.15) is 11.6 Å². The topological polar surface area (TPSA) is 97.4 Å². The molecule has 0 bridgehead atoms. The van der Waals surface area contributed by atoms with Crippen LogP contribution in [-0.4, -0.2) is 25.4 Å². The van der Waals surface area contributed by atoms with Crippen LogP contribution < -0.4 is 14.8 Å². The van der Waals surface area contributed by atoms with Crippen LogP contribution in [0.2, 0.25) is 0 Å². The van der Waals surface area contributed by atoms with Gasteiger partial charge in [0.05, 0.1) is 10.6 Å². The number of hydrogen-bond acceptors (Lipinski definition) is 5. The van der Waals surface area contributed by atoms with E-state index in [0.717, 1.165) is 5.56 Å². The molecule has 0 radical (unpaired) electrons. The molecule has 1 amide bonds. The highest BCUT2D eigenvalue weighted by Gasteiger charge is 2.25. The Labute approximate surface area is 133 Å². The highest BCUT2D eigenvalue weighted by Crippen LogP contribution is 2.32. The number of carbonyl (C=O) groups is 1. The molecule has 1 atom stereocenters. The van der Waals surface area contributed by atoms with Crippen LogP contribution >= 0.6 is 0 Å². The highest BCUT2D eigenvalue weighted by molar-refractivity contribution is 7.92. The largest absolute Gasteiger partial charge is 0.479 e. The molecular weight excluding hydrogens is 318 g/mol. The zero-order chi connectivity index (χ0) is 16.6. The van der Waals surface area contributed by atoms with Crippen LogP contribution in [0.25, 0.3) is 0 Å². The van der Waals surface area contributed by atoms with E-state index in [1.165, 1.54) is 24.4 Å². The van der Waals surface area contributed by atoms with E-state index in [4.69, 9.17) is 4.74 Å². The fourth-order valence-electron chi connectivity index (χ4n) is 2.14. The SMILES string of the molecule is Cc1ccnc(NS(=O)(=O)c2ccc3c(c2)NC(=O)[C@@H](C)O3)c1. The van der Waals surface area contributed by atoms with E-state index in [-0.39, 0.29) is 16.6 Å². The fraction of sp³-hybridized carbons (Fsp3) is 0.200. The number of sulfonamides is 1. The molecule has 0 spiro atoms. The minimum atomic E-state index is -3.81. The molecule has 0 aliphatic carbocycles. The standard InChI is InChI=1S/C15H15N3O4S/c1-9-5-6-16-14(7-9)18-23(20,21)11-3-4-13-12(8-11)17-15(19)10(2)22-13/h3-8,10H,1-2H3,(H,16,18)(H,17,19)/t10-/m1/s1. The molecule has 2 aromatic rings. The molecule has 23 heavy (non-hydrogen) atoms. The minimum absolute atomic E-state index is 0.0120. The van der Waals surface area contributed by atoms with Crippen LogP contribution in [0.3, 0.4) is 0 Å². The number of rotatable bonds is 3. The second-order valence-electron chi connectivity index (χ2n) is 5.23. The number of nitrogens with zero attached hydrogens (tertiary/aromatic N) is 1. The van der Waals surface area contributed by atoms with E-state index >= 15 is 0 Å². The number of pyridine rings is 1. The molecule has 2 heterocycles. The maximum Gasteiger partial charge on any atom is 0.265 e. The highest BCUT2D eigenvalue weighted by atomic mass is 32.2. The summed E-state index contributed by atoms with van der Waals surface area (Å²) < 4.78 is 32.7. The minimum Gasteiger partial charge on any atom is -0.479 e. The zero-order valence-electron chi connectivity index (χ0n) is 12.5. The van der Waals surface area contributed by atoms with Gasteiger partial charge in [-0.2, -0.15) is 0 Å². The normalized spacial score (nSPS) is 17.0. The van der Waals surface area contributed by atoms with E-state index in [1.54, 1.807) is 19.1 Å². The molecule has 7 nitrogen and oxygen atoms in total. The average molecular weight is 333 g/mol. The van der Waals surface area contributed by atoms with Crippen molar-refractivity contribution in [1.29, 1.82) is 0 Å². The predicted octanol–water partition coefficient (Wildman–Crippen LogP) is 1.91. The summed E-state index contributed by atoms with van der Waals surface area (Å²) in [6.45, 7) is 3.46. The number of benzene rings is 1. The van der Waals surface area contributed by atoms with Gasteiger partial charge in [-0.25, -0.2) is 13.4 Å². The molecular formula is C15H15N3O4S. The van der Waals surface area contributed by atoms with Crippen LogP contribution in [0.4, 0.5) is 11.5 Å². The number of fused-ring (bicyclic) bond motifs is 1. The molecule has 1 aromatic heterocycles. The number of carbonyl (C=O) groups excluding carboxylic acids is 1. The second-order valence-corrected chi connectivity index (χ2v) is 6.91. The van der Waals surface area contributed by atoms with Crippen molar-refractivity contribution in [3.63, 3.8) is 0 Å². The summed E-state index contributed by atoms with van der Waals surface area (Å²) in [5.41, 5.74) is 1.21. The lowest BCUT2D eigenvalue weighted by Gasteiger charge is -2.23. The van der Waals surface area contributed by atoms with Gasteiger partial charge < -0.3 is 10.1 Å². The lowest BCUT2D eigenvalue weighted by molar-refractivity contribution is -0.122. The third-order valence-electron chi connectivity index (χ3n) is 3.35. The number of hydrogen-bond donors (Lipinski definition) is 2. The summed E-state index contributed by atoms with van der Waals surface area (Å²) in [6.07, 6.45) is 0.912. The van der Waals surface area contributed by atoms with E-state index in [2.05, 4.69) is 15.0 Å². The van der Waals surface area contributed by atoms with Crippen LogP contribution in [0.15, 0.2) is 41.4 Å². The lowest BCUT2D eigenvalue weighted by Crippen LogP contribution is -2.34. The quantitative estimate of drug-likeness (QED) is 0.894. The Morgan fingerprint density at radius 3 is 2.78 bits per heavy atom. The monoisotopic (exact) mass is 333 g/mol. The number of ether oxygens (including phenoxy) is 1. The third kappa shape index (κ3) is 3.11. The van der Waals surface area contributed by atoms with Gasteiger partial charge in [0.2, 0.25) is 0 Å². The first-order chi connectivity index (χ1) is 10.8. The van der Waals surface area contributed by atoms with E-state index < -0.39 is 16.1 Å². The van der Waals surface area contributed by atoms with E-state index in [0.29, 0.717) is 11.4 Å². The lowest BCUT2D eigenvalue weighted by atomic mass is 10.2. The molecule has 0 saturated carbocycles. The summed E-state index contributed by atoms with van der Waals surface area (Å²) in [4.78, 5) is 15.6.